The van der Waals surface area contributed by atoms with Crippen LogP contribution < -0.4 is 24.4 Å². The van der Waals surface area contributed by atoms with Gasteiger partial charge in [0.25, 0.3) is 0 Å². The van der Waals surface area contributed by atoms with E-state index in [1.807, 2.05) is 37.3 Å². The molecule has 0 radical (unpaired) electrons. The van der Waals surface area contributed by atoms with Gasteiger partial charge in [0.1, 0.15) is 23.0 Å². The van der Waals surface area contributed by atoms with Gasteiger partial charge in [-0.05, 0) is 42.3 Å². The van der Waals surface area contributed by atoms with Crippen LogP contribution in [0.3, 0.4) is 0 Å². The quantitative estimate of drug-likeness (QED) is 0.290. The molecule has 42 heavy (non-hydrogen) atoms. The molecular formula is C30H32ClN7O4. The van der Waals surface area contributed by atoms with E-state index in [4.69, 9.17) is 30.8 Å². The Balaban J connectivity index is 1.21. The highest BCUT2D eigenvalue weighted by Crippen LogP contribution is 2.34. The van der Waals surface area contributed by atoms with E-state index in [2.05, 4.69) is 37.2 Å². The summed E-state index contributed by atoms with van der Waals surface area (Å²) < 4.78 is 18.0. The Morgan fingerprint density at radius 1 is 1.12 bits per heavy atom. The van der Waals surface area contributed by atoms with Gasteiger partial charge in [0.2, 0.25) is 18.6 Å². The van der Waals surface area contributed by atoms with Gasteiger partial charge in [-0.2, -0.15) is 4.98 Å². The maximum Gasteiger partial charge on any atom is 0.238 e. The lowest BCUT2D eigenvalue weighted by Crippen LogP contribution is -2.54. The average Bonchev–Trinajstić information content (AvgIpc) is 3.70. The molecule has 4 heterocycles. The zero-order valence-corrected chi connectivity index (χ0v) is 24.2. The van der Waals surface area contributed by atoms with Crippen molar-refractivity contribution in [1.82, 2.24) is 29.7 Å². The van der Waals surface area contributed by atoms with Gasteiger partial charge in [-0.25, -0.2) is 9.97 Å². The van der Waals surface area contributed by atoms with Gasteiger partial charge in [-0.15, -0.1) is 0 Å². The minimum atomic E-state index is -0.208. The van der Waals surface area contributed by atoms with Gasteiger partial charge in [-0.1, -0.05) is 29.8 Å². The Labute approximate surface area is 249 Å². The molecular weight excluding hydrogens is 558 g/mol. The van der Waals surface area contributed by atoms with Crippen LogP contribution in [0.25, 0.3) is 5.95 Å². The van der Waals surface area contributed by atoms with Crippen LogP contribution in [0.4, 0.5) is 5.82 Å². The molecule has 2 aliphatic heterocycles. The van der Waals surface area contributed by atoms with E-state index in [0.717, 1.165) is 24.4 Å². The first-order chi connectivity index (χ1) is 20.4. The number of rotatable bonds is 9. The van der Waals surface area contributed by atoms with Gasteiger partial charge >= 0.3 is 0 Å². The Morgan fingerprint density at radius 2 is 1.95 bits per heavy atom. The number of ether oxygens (including phenoxy) is 3. The van der Waals surface area contributed by atoms with Crippen molar-refractivity contribution in [3.8, 4) is 23.2 Å². The van der Waals surface area contributed by atoms with Crippen LogP contribution in [-0.4, -0.2) is 69.9 Å². The third kappa shape index (κ3) is 6.27. The molecule has 1 N–H and O–H groups in total. The van der Waals surface area contributed by atoms with Crippen molar-refractivity contribution >= 4 is 23.3 Å². The Morgan fingerprint density at radius 3 is 2.74 bits per heavy atom. The fraction of sp³-hybridized carbons (Fsp3) is 0.333. The zero-order valence-electron chi connectivity index (χ0n) is 23.4. The number of amides is 1. The molecule has 6 rings (SSSR count). The monoisotopic (exact) mass is 589 g/mol. The molecule has 2 atom stereocenters. The van der Waals surface area contributed by atoms with Crippen molar-refractivity contribution in [2.45, 2.75) is 32.0 Å². The summed E-state index contributed by atoms with van der Waals surface area (Å²) in [5.41, 5.74) is 2.12. The molecule has 1 saturated heterocycles. The molecule has 1 fully saturated rings. The first kappa shape index (κ1) is 27.8. The second kappa shape index (κ2) is 12.3. The van der Waals surface area contributed by atoms with Crippen molar-refractivity contribution in [1.29, 1.82) is 0 Å². The van der Waals surface area contributed by atoms with Crippen molar-refractivity contribution in [2.75, 3.05) is 38.4 Å². The maximum absolute atomic E-state index is 13.5. The smallest absolute Gasteiger partial charge is 0.238 e. The maximum atomic E-state index is 13.5. The SMILES string of the molecule is COc1ccc(CN2CCN(c3cc(Cl)nc(-n4ccnc4)n3)C(CC(=O)NC(C)c3ccc4c(c3)OCO4)C2)cc1. The summed E-state index contributed by atoms with van der Waals surface area (Å²) in [6.45, 7) is 5.06. The van der Waals surface area contributed by atoms with Gasteiger partial charge in [0, 0.05) is 51.1 Å². The number of carbonyl (C=O) groups is 1. The molecule has 2 aromatic heterocycles. The molecule has 2 aliphatic rings. The van der Waals surface area contributed by atoms with Gasteiger partial charge in [0.05, 0.1) is 19.2 Å². The van der Waals surface area contributed by atoms with E-state index in [9.17, 15) is 4.79 Å². The van der Waals surface area contributed by atoms with Crippen LogP contribution in [0.2, 0.25) is 5.15 Å². The van der Waals surface area contributed by atoms with Gasteiger partial charge < -0.3 is 24.4 Å². The highest BCUT2D eigenvalue weighted by atomic mass is 35.5. The molecule has 12 heteroatoms. The number of nitrogens with one attached hydrogen (secondary N) is 1. The molecule has 1 amide bonds. The van der Waals surface area contributed by atoms with Crippen LogP contribution in [-0.2, 0) is 11.3 Å². The molecule has 11 nitrogen and oxygen atoms in total. The largest absolute Gasteiger partial charge is 0.497 e. The van der Waals surface area contributed by atoms with Crippen molar-refractivity contribution in [3.63, 3.8) is 0 Å². The third-order valence-electron chi connectivity index (χ3n) is 7.53. The second-order valence-electron chi connectivity index (χ2n) is 10.4. The number of piperazine rings is 1. The number of anilines is 1. The fourth-order valence-corrected chi connectivity index (χ4v) is 5.52. The topological polar surface area (TPSA) is 107 Å². The first-order valence-corrected chi connectivity index (χ1v) is 14.2. The number of benzene rings is 2. The van der Waals surface area contributed by atoms with Crippen LogP contribution in [0.15, 0.2) is 67.3 Å². The minimum absolute atomic E-state index is 0.0588. The van der Waals surface area contributed by atoms with E-state index >= 15 is 0 Å². The summed E-state index contributed by atoms with van der Waals surface area (Å²) in [5, 5.41) is 3.49. The fourth-order valence-electron chi connectivity index (χ4n) is 5.34. The van der Waals surface area contributed by atoms with Gasteiger partial charge in [-0.3, -0.25) is 14.3 Å². The number of hydrogen-bond acceptors (Lipinski definition) is 9. The number of fused-ring (bicyclic) bond motifs is 1. The lowest BCUT2D eigenvalue weighted by atomic mass is 10.0. The normalized spacial score (nSPS) is 17.2. The molecule has 2 aromatic carbocycles. The standard InChI is InChI=1S/C30H32ClN7O4/c1-20(22-5-8-25-26(13-22)42-19-41-25)33-29(39)14-23-17-36(16-21-3-6-24(40-2)7-4-21)11-12-38(23)28-15-27(31)34-30(35-28)37-10-9-32-18-37/h3-10,13,15,18,20,23H,11-12,14,16-17,19H2,1-2H3,(H,33,39). The zero-order chi connectivity index (χ0) is 29.1. The molecule has 0 aliphatic carbocycles. The summed E-state index contributed by atoms with van der Waals surface area (Å²) in [6.07, 6.45) is 5.34. The summed E-state index contributed by atoms with van der Waals surface area (Å²) in [7, 11) is 1.66. The Bertz CT molecular complexity index is 1530. The lowest BCUT2D eigenvalue weighted by Gasteiger charge is -2.42. The summed E-state index contributed by atoms with van der Waals surface area (Å²) in [6, 6.07) is 15.2. The number of nitrogens with zero attached hydrogens (tertiary/aromatic N) is 6. The molecule has 0 spiro atoms. The highest BCUT2D eigenvalue weighted by Gasteiger charge is 2.31. The van der Waals surface area contributed by atoms with Crippen LogP contribution in [0, 0.1) is 0 Å². The lowest BCUT2D eigenvalue weighted by molar-refractivity contribution is -0.122. The van der Waals surface area contributed by atoms with Crippen LogP contribution in [0.1, 0.15) is 30.5 Å². The van der Waals surface area contributed by atoms with E-state index in [0.29, 0.717) is 41.5 Å². The molecule has 0 saturated carbocycles. The minimum Gasteiger partial charge on any atom is -0.497 e. The van der Waals surface area contributed by atoms with E-state index in [1.54, 1.807) is 36.5 Å². The van der Waals surface area contributed by atoms with Crippen molar-refractivity contribution < 1.29 is 19.0 Å². The number of halogens is 1. The number of carbonyl (C=O) groups excluding carboxylic acids is 1. The summed E-state index contributed by atoms with van der Waals surface area (Å²) in [5.74, 6) is 3.27. The summed E-state index contributed by atoms with van der Waals surface area (Å²) >= 11 is 6.45. The van der Waals surface area contributed by atoms with Crippen LogP contribution in [0.5, 0.6) is 17.2 Å². The van der Waals surface area contributed by atoms with Gasteiger partial charge in [0.15, 0.2) is 11.5 Å². The van der Waals surface area contributed by atoms with E-state index in [1.165, 1.54) is 5.56 Å². The average molecular weight is 590 g/mol. The number of hydrogen-bond donors (Lipinski definition) is 1. The molecule has 2 unspecified atom stereocenters. The highest BCUT2D eigenvalue weighted by molar-refractivity contribution is 6.29. The molecule has 218 valence electrons. The number of imidazole rings is 1. The van der Waals surface area contributed by atoms with Crippen molar-refractivity contribution in [3.05, 3.63) is 83.5 Å². The number of aromatic nitrogens is 4. The Kier molecular flexibility index (Phi) is 8.11. The molecule has 4 aromatic rings. The van der Waals surface area contributed by atoms with Crippen molar-refractivity contribution in [2.24, 2.45) is 0 Å². The number of methoxy groups -OCH3 is 1. The van der Waals surface area contributed by atoms with E-state index < -0.39 is 0 Å². The summed E-state index contributed by atoms with van der Waals surface area (Å²) in [4.78, 5) is 31.2. The predicted molar refractivity (Wildman–Crippen MR) is 157 cm³/mol. The van der Waals surface area contributed by atoms with Crippen LogP contribution >= 0.6 is 11.6 Å². The molecule has 0 bridgehead atoms. The Hall–Kier alpha value is -4.35. The van der Waals surface area contributed by atoms with E-state index in [-0.39, 0.29) is 31.2 Å². The first-order valence-electron chi connectivity index (χ1n) is 13.8. The second-order valence-corrected chi connectivity index (χ2v) is 10.7. The third-order valence-corrected chi connectivity index (χ3v) is 7.72. The predicted octanol–water partition coefficient (Wildman–Crippen LogP) is 4.01.